The van der Waals surface area contributed by atoms with Gasteiger partial charge in [0.1, 0.15) is 5.82 Å². The number of halogens is 1. The van der Waals surface area contributed by atoms with E-state index in [1.54, 1.807) is 36.7 Å². The summed E-state index contributed by atoms with van der Waals surface area (Å²) in [6.45, 7) is -2.28. The summed E-state index contributed by atoms with van der Waals surface area (Å²) in [5.74, 6) is -0.468. The minimum Gasteiger partial charge on any atom is -0.305 e. The zero-order valence-electron chi connectivity index (χ0n) is 40.4. The van der Waals surface area contributed by atoms with Crippen LogP contribution >= 0.6 is 0 Å². The van der Waals surface area contributed by atoms with Crippen molar-refractivity contribution >= 4 is 0 Å². The quantitative estimate of drug-likeness (QED) is 0.108. The molecule has 0 saturated heterocycles. The van der Waals surface area contributed by atoms with Crippen LogP contribution < -0.4 is 0 Å². The van der Waals surface area contributed by atoms with Gasteiger partial charge in [0.25, 0.3) is 0 Å². The molecular formula is C63H44FIrN4. The Morgan fingerprint density at radius 1 is 0.478 bits per heavy atom. The number of aromatic nitrogens is 3. The van der Waals surface area contributed by atoms with Gasteiger partial charge in [-0.2, -0.15) is 5.26 Å². The Morgan fingerprint density at radius 3 is 1.59 bits per heavy atom. The Balaban J connectivity index is 0.00000640. The number of rotatable bonds is 13. The van der Waals surface area contributed by atoms with Gasteiger partial charge in [-0.15, -0.1) is 94.5 Å². The van der Waals surface area contributed by atoms with Crippen LogP contribution in [-0.4, -0.2) is 15.0 Å². The molecule has 10 rings (SSSR count). The molecule has 332 valence electrons. The van der Waals surface area contributed by atoms with Crippen LogP contribution in [0.15, 0.2) is 201 Å². The maximum atomic E-state index is 15.2. The first kappa shape index (κ1) is 42.4. The Morgan fingerprint density at radius 2 is 1.06 bits per heavy atom. The van der Waals surface area contributed by atoms with Gasteiger partial charge in [0.2, 0.25) is 0 Å². The largest absolute Gasteiger partial charge is 3.00 e. The molecule has 69 heavy (non-hydrogen) atoms. The van der Waals surface area contributed by atoms with Crippen molar-refractivity contribution in [2.45, 2.75) is 32.5 Å². The minimum atomic E-state index is -2.28. The Labute approximate surface area is 421 Å². The average Bonchev–Trinajstić information content (AvgIpc) is 3.42. The maximum Gasteiger partial charge on any atom is 3.00 e. The molecule has 0 aliphatic rings. The van der Waals surface area contributed by atoms with Gasteiger partial charge < -0.3 is 15.0 Å². The first-order valence-corrected chi connectivity index (χ1v) is 22.5. The van der Waals surface area contributed by atoms with Crippen LogP contribution in [0.5, 0.6) is 0 Å². The third-order valence-corrected chi connectivity index (χ3v) is 12.2. The van der Waals surface area contributed by atoms with Crippen LogP contribution in [0.2, 0.25) is 0 Å². The van der Waals surface area contributed by atoms with Crippen LogP contribution in [0.4, 0.5) is 4.39 Å². The van der Waals surface area contributed by atoms with Gasteiger partial charge in [-0.3, -0.25) is 0 Å². The van der Waals surface area contributed by atoms with Crippen LogP contribution in [-0.2, 0) is 45.8 Å². The molecule has 0 bridgehead atoms. The molecule has 0 aliphatic carbocycles. The summed E-state index contributed by atoms with van der Waals surface area (Å²) in [5.41, 5.74) is 17.2. The Hall–Kier alpha value is -7.94. The fraction of sp³-hybridized carbons (Fsp3) is 0.0794. The summed E-state index contributed by atoms with van der Waals surface area (Å²) >= 11 is 0. The average molecular weight is 1070 g/mol. The first-order valence-electron chi connectivity index (χ1n) is 24.0. The van der Waals surface area contributed by atoms with E-state index < -0.39 is 12.7 Å². The van der Waals surface area contributed by atoms with E-state index in [0.29, 0.717) is 22.4 Å². The number of benzene rings is 7. The molecule has 0 aliphatic heterocycles. The van der Waals surface area contributed by atoms with Crippen molar-refractivity contribution in [2.24, 2.45) is 0 Å². The molecule has 0 unspecified atom stereocenters. The van der Waals surface area contributed by atoms with Gasteiger partial charge in [-0.25, -0.2) is 4.39 Å². The van der Waals surface area contributed by atoms with Crippen LogP contribution in [0.3, 0.4) is 0 Å². The molecule has 0 spiro atoms. The maximum absolute atomic E-state index is 15.2. The summed E-state index contributed by atoms with van der Waals surface area (Å²) in [5, 5.41) is 9.34. The van der Waals surface area contributed by atoms with Crippen LogP contribution in [0.25, 0.3) is 78.3 Å². The molecule has 0 amide bonds. The summed E-state index contributed by atoms with van der Waals surface area (Å²) < 4.78 is 38.9. The summed E-state index contributed by atoms with van der Waals surface area (Å²) in [4.78, 5) is 13.6. The number of hydrogen-bond acceptors (Lipinski definition) is 4. The van der Waals surface area contributed by atoms with Gasteiger partial charge in [0.15, 0.2) is 0 Å². The van der Waals surface area contributed by atoms with Crippen molar-refractivity contribution in [3.05, 3.63) is 258 Å². The third-order valence-electron chi connectivity index (χ3n) is 12.2. The third kappa shape index (κ3) is 10.8. The van der Waals surface area contributed by atoms with Gasteiger partial charge in [0, 0.05) is 28.3 Å². The monoisotopic (exact) mass is 1070 g/mol. The molecule has 3 heterocycles. The normalized spacial score (nSPS) is 11.7. The number of aryl methyl sites for hydroxylation is 5. The van der Waals surface area contributed by atoms with Crippen molar-refractivity contribution < 1.29 is 28.6 Å². The van der Waals surface area contributed by atoms with E-state index in [-0.39, 0.29) is 31.2 Å². The van der Waals surface area contributed by atoms with E-state index >= 15 is 4.39 Å². The van der Waals surface area contributed by atoms with Crippen molar-refractivity contribution in [1.82, 2.24) is 15.0 Å². The molecule has 7 aromatic carbocycles. The second-order valence-electron chi connectivity index (χ2n) is 16.7. The molecule has 10 aromatic rings. The van der Waals surface area contributed by atoms with Gasteiger partial charge in [-0.05, 0) is 100.0 Å². The molecule has 3 aromatic heterocycles. The van der Waals surface area contributed by atoms with E-state index in [1.807, 2.05) is 84.9 Å². The molecule has 6 heteroatoms. The molecular weight excluding hydrogens is 1020 g/mol. The van der Waals surface area contributed by atoms with Crippen molar-refractivity contribution in [1.29, 1.82) is 5.26 Å². The van der Waals surface area contributed by atoms with E-state index in [9.17, 15) is 5.26 Å². The second kappa shape index (κ2) is 21.3. The number of hydrogen-bond donors (Lipinski definition) is 0. The topological polar surface area (TPSA) is 62.5 Å². The van der Waals surface area contributed by atoms with Crippen LogP contribution in [0, 0.1) is 42.2 Å². The predicted octanol–water partition coefficient (Wildman–Crippen LogP) is 14.8. The van der Waals surface area contributed by atoms with Gasteiger partial charge in [0.05, 0.1) is 11.6 Å². The SMILES string of the molecule is [2H]C([2H])([2H])c1ccc(-c2[c-]cc(-c3ccccc3-c3cc(CCc4c[c-]c(-c5ccccn5)cc4)cc(CCc4c[c-]c(-c5ccccn5)cc4)c3)c(-c3ccc(-c4ccc(C#N)cc4F)cc3)c2)nc1.[Ir+3]. The van der Waals surface area contributed by atoms with Gasteiger partial charge in [-0.1, -0.05) is 139 Å². The zero-order chi connectivity index (χ0) is 48.7. The Kier molecular flexibility index (Phi) is 13.1. The molecule has 0 atom stereocenters. The van der Waals surface area contributed by atoms with Crippen molar-refractivity contribution in [2.75, 3.05) is 0 Å². The number of pyridine rings is 3. The fourth-order valence-electron chi connectivity index (χ4n) is 8.64. The summed E-state index contributed by atoms with van der Waals surface area (Å²) in [6, 6.07) is 71.7. The Bertz CT molecular complexity index is 3400. The van der Waals surface area contributed by atoms with E-state index in [2.05, 4.69) is 106 Å². The van der Waals surface area contributed by atoms with Gasteiger partial charge >= 0.3 is 20.1 Å². The predicted molar refractivity (Wildman–Crippen MR) is 271 cm³/mol. The van der Waals surface area contributed by atoms with Crippen molar-refractivity contribution in [3.63, 3.8) is 0 Å². The minimum absolute atomic E-state index is 0. The molecule has 4 nitrogen and oxygen atoms in total. The smallest absolute Gasteiger partial charge is 0.305 e. The molecule has 0 saturated carbocycles. The van der Waals surface area contributed by atoms with E-state index in [1.165, 1.54) is 34.5 Å². The summed E-state index contributed by atoms with van der Waals surface area (Å²) in [7, 11) is 0. The standard InChI is InChI=1S/C63H44FN4.Ir/c1-43-12-33-63(68-42-43)53-30-32-58(59(40-53)50-28-26-49(27-29-50)56-31-21-48(41-65)39-60(56)64)57-9-3-2-8-55(57)54-37-46(15-13-44-17-22-51(23-18-44)61-10-4-6-34-66-61)36-47(38-54)16-14-45-19-24-52(25-20-45)62-11-5-7-35-67-62;/h2-12,17-22,24,26-29,31-40,42H,13-16H2,1H3;/q-3;+3/i1D3;. The van der Waals surface area contributed by atoms with Crippen LogP contribution in [0.1, 0.15) is 37.5 Å². The van der Waals surface area contributed by atoms with Crippen molar-refractivity contribution in [3.8, 4) is 84.3 Å². The number of nitriles is 1. The molecule has 0 N–H and O–H groups in total. The molecule has 0 fully saturated rings. The first-order chi connectivity index (χ1) is 34.6. The van der Waals surface area contributed by atoms with E-state index in [4.69, 9.17) is 4.11 Å². The second-order valence-corrected chi connectivity index (χ2v) is 16.7. The zero-order valence-corrected chi connectivity index (χ0v) is 39.8. The summed E-state index contributed by atoms with van der Waals surface area (Å²) in [6.07, 6.45) is 8.30. The number of nitrogens with zero attached hydrogens (tertiary/aromatic N) is 4. The fourth-order valence-corrected chi connectivity index (χ4v) is 8.64. The van der Waals surface area contributed by atoms with E-state index in [0.717, 1.165) is 81.6 Å². The molecule has 0 radical (unpaired) electrons.